The van der Waals surface area contributed by atoms with Crippen LogP contribution in [0.4, 0.5) is 0 Å². The molecular formula is C28H38N4O5. The molecule has 1 spiro atoms. The van der Waals surface area contributed by atoms with Crippen molar-refractivity contribution in [2.24, 2.45) is 5.41 Å². The minimum Gasteiger partial charge on any atom is -0.492 e. The SMILES string of the molecule is Cc1cc(C)n(CCC(=O)N2CCC3(CCCCOCCNC(=O)c4ccccc4OC3)CC2)c(=O)n1. The van der Waals surface area contributed by atoms with Crippen LogP contribution < -0.4 is 15.7 Å². The van der Waals surface area contributed by atoms with Gasteiger partial charge in [0.1, 0.15) is 5.75 Å². The lowest BCUT2D eigenvalue weighted by Gasteiger charge is -2.42. The molecule has 2 amide bonds. The highest BCUT2D eigenvalue weighted by atomic mass is 16.5. The highest BCUT2D eigenvalue weighted by Gasteiger charge is 2.36. The fourth-order valence-corrected chi connectivity index (χ4v) is 5.26. The van der Waals surface area contributed by atoms with Gasteiger partial charge in [-0.15, -0.1) is 0 Å². The van der Waals surface area contributed by atoms with Crippen LogP contribution in [0.3, 0.4) is 0 Å². The second kappa shape index (κ2) is 12.4. The lowest BCUT2D eigenvalue weighted by atomic mass is 9.75. The van der Waals surface area contributed by atoms with Crippen molar-refractivity contribution < 1.29 is 19.1 Å². The molecule has 0 bridgehead atoms. The van der Waals surface area contributed by atoms with E-state index in [-0.39, 0.29) is 29.3 Å². The van der Waals surface area contributed by atoms with E-state index in [1.165, 1.54) is 0 Å². The number of rotatable bonds is 3. The molecule has 2 aliphatic heterocycles. The number of carbonyl (C=O) groups is 2. The average molecular weight is 511 g/mol. The fourth-order valence-electron chi connectivity index (χ4n) is 5.26. The largest absolute Gasteiger partial charge is 0.492 e. The van der Waals surface area contributed by atoms with Gasteiger partial charge in [-0.05, 0) is 57.7 Å². The van der Waals surface area contributed by atoms with Gasteiger partial charge < -0.3 is 19.7 Å². The summed E-state index contributed by atoms with van der Waals surface area (Å²) in [6.07, 6.45) is 4.89. The predicted octanol–water partition coefficient (Wildman–Crippen LogP) is 2.87. The maximum absolute atomic E-state index is 13.0. The van der Waals surface area contributed by atoms with Gasteiger partial charge in [-0.1, -0.05) is 18.6 Å². The third-order valence-corrected chi connectivity index (χ3v) is 7.52. The zero-order valence-electron chi connectivity index (χ0n) is 22.0. The first-order valence-corrected chi connectivity index (χ1v) is 13.3. The summed E-state index contributed by atoms with van der Waals surface area (Å²) in [5, 5.41) is 2.90. The lowest BCUT2D eigenvalue weighted by molar-refractivity contribution is -0.134. The van der Waals surface area contributed by atoms with Crippen molar-refractivity contribution in [1.29, 1.82) is 0 Å². The summed E-state index contributed by atoms with van der Waals surface area (Å²) < 4.78 is 13.6. The fraction of sp³-hybridized carbons (Fsp3) is 0.571. The summed E-state index contributed by atoms with van der Waals surface area (Å²) in [6.45, 7) is 7.43. The monoisotopic (exact) mass is 510 g/mol. The molecule has 0 saturated carbocycles. The van der Waals surface area contributed by atoms with Crippen LogP contribution in [-0.4, -0.2) is 65.7 Å². The van der Waals surface area contributed by atoms with E-state index in [1.54, 1.807) is 17.6 Å². The van der Waals surface area contributed by atoms with E-state index in [0.717, 1.165) is 37.8 Å². The standard InChI is InChI=1S/C28H38N4O5/c1-21-19-22(2)32(27(35)30-21)14-9-25(33)31-15-11-28(12-16-31)10-5-6-17-36-18-13-29-26(34)23-7-3-4-8-24(23)37-20-28/h3-4,7-8,19H,5-6,9-18,20H2,1-2H3,(H,29,34). The molecule has 9 nitrogen and oxygen atoms in total. The number of ether oxygens (including phenoxy) is 2. The number of hydrogen-bond acceptors (Lipinski definition) is 6. The molecule has 2 aromatic rings. The molecular weight excluding hydrogens is 472 g/mol. The van der Waals surface area contributed by atoms with Crippen molar-refractivity contribution in [2.75, 3.05) is 39.5 Å². The second-order valence-corrected chi connectivity index (χ2v) is 10.2. The molecule has 37 heavy (non-hydrogen) atoms. The summed E-state index contributed by atoms with van der Waals surface area (Å²) in [6, 6.07) is 9.19. The van der Waals surface area contributed by atoms with Gasteiger partial charge in [0.05, 0.1) is 18.8 Å². The van der Waals surface area contributed by atoms with E-state index in [2.05, 4.69) is 10.3 Å². The molecule has 1 fully saturated rings. The predicted molar refractivity (Wildman–Crippen MR) is 140 cm³/mol. The van der Waals surface area contributed by atoms with Crippen molar-refractivity contribution in [3.05, 3.63) is 57.8 Å². The smallest absolute Gasteiger partial charge is 0.347 e. The zero-order chi connectivity index (χ0) is 26.3. The molecule has 0 atom stereocenters. The Bertz CT molecular complexity index is 1150. The van der Waals surface area contributed by atoms with E-state index < -0.39 is 0 Å². The Morgan fingerprint density at radius 3 is 2.65 bits per heavy atom. The van der Waals surface area contributed by atoms with E-state index in [0.29, 0.717) is 63.0 Å². The summed E-state index contributed by atoms with van der Waals surface area (Å²) >= 11 is 0. The number of nitrogens with one attached hydrogen (secondary N) is 1. The Kier molecular flexibility index (Phi) is 8.97. The summed E-state index contributed by atoms with van der Waals surface area (Å²) in [4.78, 5) is 43.8. The van der Waals surface area contributed by atoms with Crippen molar-refractivity contribution in [1.82, 2.24) is 19.8 Å². The third-order valence-electron chi connectivity index (χ3n) is 7.52. The molecule has 1 N–H and O–H groups in total. The average Bonchev–Trinajstić information content (AvgIpc) is 2.88. The van der Waals surface area contributed by atoms with E-state index in [9.17, 15) is 14.4 Å². The van der Waals surface area contributed by atoms with Crippen LogP contribution in [0.2, 0.25) is 0 Å². The molecule has 1 aromatic heterocycles. The Morgan fingerprint density at radius 1 is 1.08 bits per heavy atom. The minimum atomic E-state index is -0.308. The molecule has 1 saturated heterocycles. The van der Waals surface area contributed by atoms with Gasteiger partial charge in [-0.3, -0.25) is 14.2 Å². The van der Waals surface area contributed by atoms with Crippen LogP contribution in [-0.2, 0) is 16.1 Å². The second-order valence-electron chi connectivity index (χ2n) is 10.2. The highest BCUT2D eigenvalue weighted by Crippen LogP contribution is 2.38. The van der Waals surface area contributed by atoms with Gasteiger partial charge in [0.15, 0.2) is 0 Å². The number of amides is 2. The molecule has 3 heterocycles. The van der Waals surface area contributed by atoms with Crippen molar-refractivity contribution in [2.45, 2.75) is 58.9 Å². The van der Waals surface area contributed by atoms with Gasteiger partial charge in [-0.25, -0.2) is 4.79 Å². The molecule has 4 rings (SSSR count). The Balaban J connectivity index is 1.40. The normalized spacial score (nSPS) is 18.9. The minimum absolute atomic E-state index is 0.0546. The van der Waals surface area contributed by atoms with Gasteiger partial charge in [0.25, 0.3) is 5.91 Å². The first kappa shape index (κ1) is 26.9. The van der Waals surface area contributed by atoms with Gasteiger partial charge in [0, 0.05) is 56.0 Å². The highest BCUT2D eigenvalue weighted by molar-refractivity contribution is 5.96. The number of likely N-dealkylation sites (tertiary alicyclic amines) is 1. The maximum Gasteiger partial charge on any atom is 0.347 e. The number of piperidine rings is 1. The summed E-state index contributed by atoms with van der Waals surface area (Å²) in [5.74, 6) is 0.478. The van der Waals surface area contributed by atoms with Crippen molar-refractivity contribution >= 4 is 11.8 Å². The van der Waals surface area contributed by atoms with Crippen LogP contribution >= 0.6 is 0 Å². The van der Waals surface area contributed by atoms with Crippen LogP contribution in [0.1, 0.15) is 60.3 Å². The van der Waals surface area contributed by atoms with Crippen LogP contribution in [0.25, 0.3) is 0 Å². The number of hydrogen-bond donors (Lipinski definition) is 1. The Morgan fingerprint density at radius 2 is 1.86 bits per heavy atom. The molecule has 0 unspecified atom stereocenters. The Hall–Kier alpha value is -3.20. The molecule has 0 radical (unpaired) electrons. The molecule has 0 aliphatic carbocycles. The number of aryl methyl sites for hydroxylation is 2. The topological polar surface area (TPSA) is 103 Å². The van der Waals surface area contributed by atoms with Crippen LogP contribution in [0.15, 0.2) is 35.1 Å². The number of para-hydroxylation sites is 1. The molecule has 9 heteroatoms. The third kappa shape index (κ3) is 6.97. The zero-order valence-corrected chi connectivity index (χ0v) is 22.0. The summed E-state index contributed by atoms with van der Waals surface area (Å²) in [5.41, 5.74) is 1.65. The van der Waals surface area contributed by atoms with E-state index >= 15 is 0 Å². The lowest BCUT2D eigenvalue weighted by Crippen LogP contribution is -2.46. The summed E-state index contributed by atoms with van der Waals surface area (Å²) in [7, 11) is 0. The van der Waals surface area contributed by atoms with E-state index in [1.807, 2.05) is 36.1 Å². The molecule has 1 aromatic carbocycles. The number of aromatic nitrogens is 2. The number of nitrogens with zero attached hydrogens (tertiary/aromatic N) is 3. The van der Waals surface area contributed by atoms with E-state index in [4.69, 9.17) is 9.47 Å². The molecule has 2 aliphatic rings. The molecule has 200 valence electrons. The first-order valence-electron chi connectivity index (χ1n) is 13.3. The number of fused-ring (bicyclic) bond motifs is 1. The van der Waals surface area contributed by atoms with Crippen LogP contribution in [0.5, 0.6) is 5.75 Å². The van der Waals surface area contributed by atoms with Gasteiger partial charge in [-0.2, -0.15) is 4.98 Å². The van der Waals surface area contributed by atoms with Crippen molar-refractivity contribution in [3.63, 3.8) is 0 Å². The van der Waals surface area contributed by atoms with Gasteiger partial charge >= 0.3 is 5.69 Å². The van der Waals surface area contributed by atoms with Crippen LogP contribution in [0, 0.1) is 19.3 Å². The number of carbonyl (C=O) groups excluding carboxylic acids is 2. The maximum atomic E-state index is 13.0. The Labute approximate surface area is 218 Å². The van der Waals surface area contributed by atoms with Crippen molar-refractivity contribution in [3.8, 4) is 5.75 Å². The van der Waals surface area contributed by atoms with Gasteiger partial charge in [0.2, 0.25) is 5.91 Å². The quantitative estimate of drug-likeness (QED) is 0.681. The number of benzene rings is 1. The first-order chi connectivity index (χ1) is 17.9.